The summed E-state index contributed by atoms with van der Waals surface area (Å²) in [6.45, 7) is 6.05. The Morgan fingerprint density at radius 1 is 1.42 bits per heavy atom. The molecule has 0 bridgehead atoms. The van der Waals surface area contributed by atoms with E-state index in [1.807, 2.05) is 26.8 Å². The summed E-state index contributed by atoms with van der Waals surface area (Å²) in [4.78, 5) is 12.2. The molecule has 4 heteroatoms. The van der Waals surface area contributed by atoms with Crippen LogP contribution in [0, 0.1) is 12.8 Å². The Kier molecular flexibility index (Phi) is 5.83. The van der Waals surface area contributed by atoms with Crippen molar-refractivity contribution in [1.82, 2.24) is 5.32 Å². The van der Waals surface area contributed by atoms with Gasteiger partial charge in [0.05, 0.1) is 7.11 Å². The van der Waals surface area contributed by atoms with Crippen LogP contribution in [0.5, 0.6) is 5.75 Å². The number of rotatable bonds is 6. The molecule has 1 unspecified atom stereocenters. The van der Waals surface area contributed by atoms with Gasteiger partial charge in [-0.25, -0.2) is 0 Å². The van der Waals surface area contributed by atoms with Crippen molar-refractivity contribution >= 4 is 5.91 Å². The first-order chi connectivity index (χ1) is 8.99. The van der Waals surface area contributed by atoms with Gasteiger partial charge in [0, 0.05) is 18.2 Å². The van der Waals surface area contributed by atoms with Crippen molar-refractivity contribution in [3.63, 3.8) is 0 Å². The van der Waals surface area contributed by atoms with E-state index in [9.17, 15) is 4.79 Å². The number of hydrogen-bond acceptors (Lipinski definition) is 3. The number of nitrogens with one attached hydrogen (secondary N) is 1. The van der Waals surface area contributed by atoms with Crippen molar-refractivity contribution in [3.8, 4) is 5.75 Å². The number of hydrogen-bond donors (Lipinski definition) is 2. The van der Waals surface area contributed by atoms with Crippen molar-refractivity contribution in [2.75, 3.05) is 13.7 Å². The van der Waals surface area contributed by atoms with E-state index in [0.717, 1.165) is 5.56 Å². The van der Waals surface area contributed by atoms with Gasteiger partial charge in [-0.2, -0.15) is 0 Å². The Labute approximate surface area is 114 Å². The second kappa shape index (κ2) is 7.14. The van der Waals surface area contributed by atoms with Gasteiger partial charge in [-0.05, 0) is 37.0 Å². The number of ether oxygens (including phenoxy) is 1. The number of amides is 1. The van der Waals surface area contributed by atoms with E-state index in [0.29, 0.717) is 17.7 Å². The first-order valence-electron chi connectivity index (χ1n) is 6.56. The zero-order valence-corrected chi connectivity index (χ0v) is 12.1. The standard InChI is InChI=1S/C15H23NO3/c1-10(2)13(7-8-17)16-15(18)12-6-5-11(3)14(9-12)19-4/h5-6,9-10,13,17H,7-8H2,1-4H3,(H,16,18). The zero-order chi connectivity index (χ0) is 14.4. The van der Waals surface area contributed by atoms with Crippen molar-refractivity contribution in [3.05, 3.63) is 29.3 Å². The molecule has 0 aromatic heterocycles. The normalized spacial score (nSPS) is 12.3. The summed E-state index contributed by atoms with van der Waals surface area (Å²) >= 11 is 0. The number of methoxy groups -OCH3 is 1. The third-order valence-electron chi connectivity index (χ3n) is 3.23. The first kappa shape index (κ1) is 15.5. The van der Waals surface area contributed by atoms with E-state index in [-0.39, 0.29) is 24.5 Å². The van der Waals surface area contributed by atoms with Gasteiger partial charge in [0.15, 0.2) is 0 Å². The van der Waals surface area contributed by atoms with Crippen molar-refractivity contribution in [1.29, 1.82) is 0 Å². The highest BCUT2D eigenvalue weighted by Gasteiger charge is 2.17. The molecule has 1 rings (SSSR count). The van der Waals surface area contributed by atoms with Crippen LogP contribution in [0.4, 0.5) is 0 Å². The molecule has 0 aliphatic heterocycles. The lowest BCUT2D eigenvalue weighted by atomic mass is 10.0. The third kappa shape index (κ3) is 4.24. The molecule has 4 nitrogen and oxygen atoms in total. The van der Waals surface area contributed by atoms with Gasteiger partial charge < -0.3 is 15.2 Å². The summed E-state index contributed by atoms with van der Waals surface area (Å²) in [6.07, 6.45) is 0.562. The number of carbonyl (C=O) groups excluding carboxylic acids is 1. The smallest absolute Gasteiger partial charge is 0.251 e. The van der Waals surface area contributed by atoms with Gasteiger partial charge in [-0.1, -0.05) is 19.9 Å². The maximum Gasteiger partial charge on any atom is 0.251 e. The Morgan fingerprint density at radius 3 is 2.63 bits per heavy atom. The van der Waals surface area contributed by atoms with Crippen LogP contribution >= 0.6 is 0 Å². The fourth-order valence-corrected chi connectivity index (χ4v) is 1.92. The SMILES string of the molecule is COc1cc(C(=O)NC(CCO)C(C)C)ccc1C. The molecule has 1 aromatic rings. The van der Waals surface area contributed by atoms with Gasteiger partial charge in [-0.3, -0.25) is 4.79 Å². The van der Waals surface area contributed by atoms with Crippen LogP contribution in [0.3, 0.4) is 0 Å². The van der Waals surface area contributed by atoms with Crippen molar-refractivity contribution in [2.45, 2.75) is 33.2 Å². The average Bonchev–Trinajstić information content (AvgIpc) is 2.38. The molecule has 1 aromatic carbocycles. The summed E-state index contributed by atoms with van der Waals surface area (Å²) in [6, 6.07) is 5.36. The average molecular weight is 265 g/mol. The second-order valence-corrected chi connectivity index (χ2v) is 5.02. The Hall–Kier alpha value is -1.55. The van der Waals surface area contributed by atoms with Crippen LogP contribution in [0.2, 0.25) is 0 Å². The number of carbonyl (C=O) groups is 1. The number of aryl methyl sites for hydroxylation is 1. The van der Waals surface area contributed by atoms with E-state index >= 15 is 0 Å². The zero-order valence-electron chi connectivity index (χ0n) is 12.1. The molecule has 106 valence electrons. The topological polar surface area (TPSA) is 58.6 Å². The summed E-state index contributed by atoms with van der Waals surface area (Å²) in [5.41, 5.74) is 1.57. The fraction of sp³-hybridized carbons (Fsp3) is 0.533. The highest BCUT2D eigenvalue weighted by Crippen LogP contribution is 2.19. The fourth-order valence-electron chi connectivity index (χ4n) is 1.92. The molecule has 0 fully saturated rings. The van der Waals surface area contributed by atoms with Crippen LogP contribution < -0.4 is 10.1 Å². The molecule has 0 saturated heterocycles. The lowest BCUT2D eigenvalue weighted by Gasteiger charge is -2.21. The molecule has 0 saturated carbocycles. The molecule has 0 aliphatic rings. The molecular weight excluding hydrogens is 242 g/mol. The Morgan fingerprint density at radius 2 is 2.11 bits per heavy atom. The molecule has 0 aliphatic carbocycles. The van der Waals surface area contributed by atoms with Crippen LogP contribution in [0.15, 0.2) is 18.2 Å². The lowest BCUT2D eigenvalue weighted by molar-refractivity contribution is 0.0916. The van der Waals surface area contributed by atoms with E-state index in [2.05, 4.69) is 5.32 Å². The Balaban J connectivity index is 2.82. The summed E-state index contributed by atoms with van der Waals surface area (Å²) in [7, 11) is 1.59. The molecule has 0 radical (unpaired) electrons. The maximum absolute atomic E-state index is 12.2. The molecule has 2 N–H and O–H groups in total. The Bertz CT molecular complexity index is 429. The van der Waals surface area contributed by atoms with Gasteiger partial charge in [0.1, 0.15) is 5.75 Å². The van der Waals surface area contributed by atoms with E-state index in [1.165, 1.54) is 0 Å². The first-order valence-corrected chi connectivity index (χ1v) is 6.56. The number of benzene rings is 1. The van der Waals surface area contributed by atoms with Crippen LogP contribution in [-0.2, 0) is 0 Å². The minimum atomic E-state index is -0.134. The quantitative estimate of drug-likeness (QED) is 0.828. The van der Waals surface area contributed by atoms with Crippen LogP contribution in [-0.4, -0.2) is 30.8 Å². The van der Waals surface area contributed by atoms with Gasteiger partial charge in [-0.15, -0.1) is 0 Å². The van der Waals surface area contributed by atoms with Gasteiger partial charge in [0.25, 0.3) is 5.91 Å². The largest absolute Gasteiger partial charge is 0.496 e. The van der Waals surface area contributed by atoms with Crippen molar-refractivity contribution < 1.29 is 14.6 Å². The lowest BCUT2D eigenvalue weighted by Crippen LogP contribution is -2.39. The van der Waals surface area contributed by atoms with Crippen LogP contribution in [0.1, 0.15) is 36.2 Å². The third-order valence-corrected chi connectivity index (χ3v) is 3.23. The molecule has 19 heavy (non-hydrogen) atoms. The predicted molar refractivity (Wildman–Crippen MR) is 75.5 cm³/mol. The van der Waals surface area contributed by atoms with E-state index < -0.39 is 0 Å². The van der Waals surface area contributed by atoms with E-state index in [4.69, 9.17) is 9.84 Å². The highest BCUT2D eigenvalue weighted by atomic mass is 16.5. The van der Waals surface area contributed by atoms with E-state index in [1.54, 1.807) is 19.2 Å². The molecular formula is C15H23NO3. The summed E-state index contributed by atoms with van der Waals surface area (Å²) in [5, 5.41) is 12.0. The minimum absolute atomic E-state index is 0.0233. The van der Waals surface area contributed by atoms with Gasteiger partial charge >= 0.3 is 0 Å². The number of aliphatic hydroxyl groups excluding tert-OH is 1. The molecule has 0 spiro atoms. The van der Waals surface area contributed by atoms with Crippen LogP contribution in [0.25, 0.3) is 0 Å². The second-order valence-electron chi connectivity index (χ2n) is 5.02. The maximum atomic E-state index is 12.2. The molecule has 1 atom stereocenters. The molecule has 0 heterocycles. The summed E-state index contributed by atoms with van der Waals surface area (Å²) < 4.78 is 5.22. The van der Waals surface area contributed by atoms with Crippen molar-refractivity contribution in [2.24, 2.45) is 5.92 Å². The summed E-state index contributed by atoms with van der Waals surface area (Å²) in [5.74, 6) is 0.852. The predicted octanol–water partition coefficient (Wildman–Crippen LogP) is 2.14. The number of aliphatic hydroxyl groups is 1. The highest BCUT2D eigenvalue weighted by molar-refractivity contribution is 5.94. The minimum Gasteiger partial charge on any atom is -0.496 e. The molecule has 1 amide bonds. The monoisotopic (exact) mass is 265 g/mol. The van der Waals surface area contributed by atoms with Gasteiger partial charge in [0.2, 0.25) is 0 Å².